The Labute approximate surface area is 263 Å². The van der Waals surface area contributed by atoms with Gasteiger partial charge in [0.1, 0.15) is 11.2 Å². The van der Waals surface area contributed by atoms with Crippen molar-refractivity contribution in [3.05, 3.63) is 167 Å². The zero-order valence-corrected chi connectivity index (χ0v) is 21.4. The van der Waals surface area contributed by atoms with Crippen LogP contribution in [0, 0.1) is 0 Å². The lowest BCUT2D eigenvalue weighted by Crippen LogP contribution is -1.98. The van der Waals surface area contributed by atoms with Crippen molar-refractivity contribution in [1.82, 2.24) is 0 Å². The molecule has 0 fully saturated rings. The maximum atomic E-state index is 9.56. The zero-order valence-electron chi connectivity index (χ0n) is 38.4. The van der Waals surface area contributed by atoms with Crippen molar-refractivity contribution in [2.24, 2.45) is 0 Å². The Kier molecular flexibility index (Phi) is 2.91. The highest BCUT2D eigenvalue weighted by atomic mass is 16.3. The first-order valence-corrected chi connectivity index (χ1v) is 12.9. The number of hydrogen-bond donors (Lipinski definition) is 0. The monoisotopic (exact) mass is 541 g/mol. The van der Waals surface area contributed by atoms with Crippen molar-refractivity contribution in [2.45, 2.75) is 12.8 Å². The fourth-order valence-corrected chi connectivity index (χ4v) is 5.44. The van der Waals surface area contributed by atoms with Crippen LogP contribution >= 0.6 is 0 Å². The minimum absolute atomic E-state index is 0.0247. The maximum absolute atomic E-state index is 9.56. The summed E-state index contributed by atoms with van der Waals surface area (Å²) in [6.07, 6.45) is -1.16. The van der Waals surface area contributed by atoms with Crippen molar-refractivity contribution in [2.75, 3.05) is 0 Å². The molecule has 8 rings (SSSR count). The van der Waals surface area contributed by atoms with Gasteiger partial charge in [0.15, 0.2) is 0 Å². The second-order valence-electron chi connectivity index (χ2n) is 9.54. The number of rotatable bonds is 5. The van der Waals surface area contributed by atoms with E-state index in [2.05, 4.69) is 0 Å². The fourth-order valence-electron chi connectivity index (χ4n) is 5.44. The topological polar surface area (TPSA) is 13.1 Å². The summed E-state index contributed by atoms with van der Waals surface area (Å²) < 4.78 is 156. The molecule has 1 heteroatoms. The van der Waals surface area contributed by atoms with Gasteiger partial charge in [-0.05, 0) is 79.9 Å². The van der Waals surface area contributed by atoms with Crippen LogP contribution < -0.4 is 0 Å². The molecule has 7 aromatic carbocycles. The van der Waals surface area contributed by atoms with Gasteiger partial charge in [0.05, 0.1) is 23.3 Å². The SMILES string of the molecule is [2H]c1c([2H])c([2H])c(Cc2c3c([2H])c([2H])c([2H])c([2H])c3c(Cc3c([2H])c([2H])c([2H])c(-c4cccc5oc6ccccc6c45)c3[2H])c3c([2H])c([2H])c([2H])c([2H])c23)c([2H])c1[2H]. The summed E-state index contributed by atoms with van der Waals surface area (Å²) in [5, 5.41) is 0.252. The molecule has 0 radical (unpaired) electrons. The van der Waals surface area contributed by atoms with Gasteiger partial charge < -0.3 is 4.42 Å². The van der Waals surface area contributed by atoms with Crippen LogP contribution in [-0.4, -0.2) is 0 Å². The molecule has 194 valence electrons. The quantitative estimate of drug-likeness (QED) is 0.198. The van der Waals surface area contributed by atoms with Crippen LogP contribution in [0.3, 0.4) is 0 Å². The van der Waals surface area contributed by atoms with Gasteiger partial charge in [-0.15, -0.1) is 0 Å². The van der Waals surface area contributed by atoms with Crippen LogP contribution in [0.5, 0.6) is 0 Å². The summed E-state index contributed by atoms with van der Waals surface area (Å²) in [5.74, 6) is 0. The normalized spacial score (nSPS) is 17.4. The largest absolute Gasteiger partial charge is 0.456 e. The second kappa shape index (κ2) is 9.80. The number of benzene rings is 7. The molecule has 0 amide bonds. The van der Waals surface area contributed by atoms with Crippen LogP contribution in [0.15, 0.2) is 150 Å². The molecule has 0 aliphatic heterocycles. The molecule has 0 saturated carbocycles. The Morgan fingerprint density at radius 3 is 1.78 bits per heavy atom. The third kappa shape index (κ3) is 4.10. The molecule has 41 heavy (non-hydrogen) atoms. The van der Waals surface area contributed by atoms with Crippen molar-refractivity contribution in [3.8, 4) is 11.1 Å². The van der Waals surface area contributed by atoms with Crippen LogP contribution in [0.4, 0.5) is 0 Å². The maximum Gasteiger partial charge on any atom is 0.136 e. The Morgan fingerprint density at radius 2 is 1.07 bits per heavy atom. The second-order valence-corrected chi connectivity index (χ2v) is 9.54. The summed E-state index contributed by atoms with van der Waals surface area (Å²) in [5.41, 5.74) is 0.606. The first-order chi connectivity index (χ1) is 27.4. The highest BCUT2D eigenvalue weighted by Gasteiger charge is 2.16. The van der Waals surface area contributed by atoms with Crippen molar-refractivity contribution < 1.29 is 27.7 Å². The zero-order chi connectivity index (χ0) is 42.0. The lowest BCUT2D eigenvalue weighted by molar-refractivity contribution is 0.669. The van der Waals surface area contributed by atoms with E-state index < -0.39 is 110 Å². The Balaban J connectivity index is 1.52. The van der Waals surface area contributed by atoms with E-state index in [1.54, 1.807) is 36.4 Å². The molecule has 1 aromatic heterocycles. The van der Waals surface area contributed by atoms with Gasteiger partial charge in [0.25, 0.3) is 0 Å². The van der Waals surface area contributed by atoms with E-state index in [1.807, 2.05) is 6.07 Å². The van der Waals surface area contributed by atoms with Crippen LogP contribution in [0.2, 0.25) is 0 Å². The summed E-state index contributed by atoms with van der Waals surface area (Å²) >= 11 is 0. The molecule has 0 aliphatic rings. The van der Waals surface area contributed by atoms with Crippen LogP contribution in [0.1, 0.15) is 45.6 Å². The van der Waals surface area contributed by atoms with Crippen LogP contribution in [-0.2, 0) is 12.8 Å². The predicted octanol–water partition coefficient (Wildman–Crippen LogP) is 10.7. The third-order valence-corrected chi connectivity index (χ3v) is 7.19. The molecule has 0 saturated heterocycles. The molecular weight excluding hydrogens is 496 g/mol. The summed E-state index contributed by atoms with van der Waals surface area (Å²) in [4.78, 5) is 0. The summed E-state index contributed by atoms with van der Waals surface area (Å²) in [6, 6.07) is 1.75. The Bertz CT molecular complexity index is 3040. The molecule has 0 bridgehead atoms. The smallest absolute Gasteiger partial charge is 0.136 e. The van der Waals surface area contributed by atoms with E-state index >= 15 is 0 Å². The molecule has 0 aliphatic carbocycles. The minimum Gasteiger partial charge on any atom is -0.456 e. The molecule has 1 heterocycles. The number of para-hydroxylation sites is 1. The molecule has 0 spiro atoms. The van der Waals surface area contributed by atoms with Crippen LogP contribution in [0.25, 0.3) is 54.6 Å². The molecule has 0 atom stereocenters. The lowest BCUT2D eigenvalue weighted by atomic mass is 9.86. The fraction of sp³-hybridized carbons (Fsp3) is 0.0500. The van der Waals surface area contributed by atoms with Crippen molar-refractivity contribution in [1.29, 1.82) is 0 Å². The third-order valence-electron chi connectivity index (χ3n) is 7.19. The van der Waals surface area contributed by atoms with Gasteiger partial charge in [-0.1, -0.05) is 133 Å². The Morgan fingerprint density at radius 1 is 0.488 bits per heavy atom. The summed E-state index contributed by atoms with van der Waals surface area (Å²) in [7, 11) is 0. The van der Waals surface area contributed by atoms with E-state index in [-0.39, 0.29) is 55.4 Å². The van der Waals surface area contributed by atoms with Gasteiger partial charge in [-0.25, -0.2) is 0 Å². The van der Waals surface area contributed by atoms with Crippen molar-refractivity contribution in [3.63, 3.8) is 0 Å². The average molecular weight is 542 g/mol. The molecular formula is C40H28O. The van der Waals surface area contributed by atoms with Gasteiger partial charge in [-0.3, -0.25) is 0 Å². The molecule has 0 unspecified atom stereocenters. The van der Waals surface area contributed by atoms with E-state index in [9.17, 15) is 4.11 Å². The summed E-state index contributed by atoms with van der Waals surface area (Å²) in [6.45, 7) is 0. The first-order valence-electron chi connectivity index (χ1n) is 21.4. The highest BCUT2D eigenvalue weighted by Crippen LogP contribution is 2.38. The number of hydrogen-bond acceptors (Lipinski definition) is 1. The van der Waals surface area contributed by atoms with Gasteiger partial charge in [0, 0.05) is 10.8 Å². The van der Waals surface area contributed by atoms with E-state index in [0.717, 1.165) is 0 Å². The van der Waals surface area contributed by atoms with Gasteiger partial charge >= 0.3 is 0 Å². The number of furan rings is 1. The van der Waals surface area contributed by atoms with Gasteiger partial charge in [0.2, 0.25) is 0 Å². The predicted molar refractivity (Wildman–Crippen MR) is 173 cm³/mol. The lowest BCUT2D eigenvalue weighted by Gasteiger charge is -2.18. The first kappa shape index (κ1) is 12.2. The standard InChI is InChI=1S/C40H28O/c1-2-12-27(13-3-1)25-36-31-16-4-6-18-33(31)37(34-19-7-5-17-32(34)36)26-28-14-10-15-29(24-28)30-21-11-23-39-40(30)35-20-8-9-22-38(35)41-39/h1-24H,25-26H2/i1D,2D,3D,4D,5D,6D,7D,10D,12D,13D,14D,15D,16D,17D,18D,19D,24D. The molecule has 1 nitrogen and oxygen atoms in total. The highest BCUT2D eigenvalue weighted by molar-refractivity contribution is 6.12. The van der Waals surface area contributed by atoms with E-state index in [0.29, 0.717) is 27.5 Å². The van der Waals surface area contributed by atoms with Gasteiger partial charge in [-0.2, -0.15) is 0 Å². The average Bonchev–Trinajstić information content (AvgIpc) is 3.60. The van der Waals surface area contributed by atoms with E-state index in [4.69, 9.17) is 23.6 Å². The minimum atomic E-state index is -0.706. The van der Waals surface area contributed by atoms with Crippen molar-refractivity contribution >= 4 is 43.5 Å². The molecule has 0 N–H and O–H groups in total. The molecule has 8 aromatic rings. The number of fused-ring (bicyclic) bond motifs is 5. The Hall–Kier alpha value is -5.14. The van der Waals surface area contributed by atoms with E-state index in [1.165, 1.54) is 0 Å².